The minimum atomic E-state index is -3.19. The van der Waals surface area contributed by atoms with Crippen molar-refractivity contribution >= 4 is 26.9 Å². The number of sulfone groups is 1. The fourth-order valence-corrected chi connectivity index (χ4v) is 2.50. The Morgan fingerprint density at radius 2 is 1.76 bits per heavy atom. The summed E-state index contributed by atoms with van der Waals surface area (Å²) in [6, 6.07) is 13.9. The predicted octanol–water partition coefficient (Wildman–Crippen LogP) is 2.48. The summed E-state index contributed by atoms with van der Waals surface area (Å²) in [5, 5.41) is 11.9. The quantitative estimate of drug-likeness (QED) is 0.846. The summed E-state index contributed by atoms with van der Waals surface area (Å²) in [6.45, 7) is 0. The van der Waals surface area contributed by atoms with E-state index >= 15 is 0 Å². The summed E-state index contributed by atoms with van der Waals surface area (Å²) < 4.78 is 22.8. The zero-order valence-electron chi connectivity index (χ0n) is 11.5. The highest BCUT2D eigenvalue weighted by Gasteiger charge is 2.06. The number of nitrogens with one attached hydrogen (secondary N) is 1. The molecule has 0 bridgehead atoms. The van der Waals surface area contributed by atoms with Crippen LogP contribution in [0.5, 0.6) is 0 Å². The van der Waals surface area contributed by atoms with E-state index in [9.17, 15) is 8.42 Å². The number of benzene rings is 2. The lowest BCUT2D eigenvalue weighted by Gasteiger charge is -2.10. The van der Waals surface area contributed by atoms with Gasteiger partial charge in [-0.3, -0.25) is 0 Å². The molecule has 0 radical (unpaired) electrons. The Kier molecular flexibility index (Phi) is 4.15. The molecule has 0 aliphatic rings. The average Bonchev–Trinajstić information content (AvgIpc) is 2.42. The van der Waals surface area contributed by atoms with E-state index in [-0.39, 0.29) is 11.3 Å². The Balaban J connectivity index is 2.23. The molecule has 0 heterocycles. The van der Waals surface area contributed by atoms with E-state index in [0.29, 0.717) is 5.69 Å². The first-order valence-corrected chi connectivity index (χ1v) is 8.12. The summed E-state index contributed by atoms with van der Waals surface area (Å²) in [5.41, 5.74) is 8.68. The van der Waals surface area contributed by atoms with Crippen LogP contribution in [-0.4, -0.2) is 14.7 Å². The van der Waals surface area contributed by atoms with Gasteiger partial charge in [0.15, 0.2) is 9.84 Å². The normalized spacial score (nSPS) is 10.9. The lowest BCUT2D eigenvalue weighted by atomic mass is 10.1. The molecule has 0 aromatic heterocycles. The minimum absolute atomic E-state index is 0.244. The van der Waals surface area contributed by atoms with E-state index < -0.39 is 9.84 Å². The second kappa shape index (κ2) is 5.85. The molecule has 0 saturated carbocycles. The number of nitriles is 1. The van der Waals surface area contributed by atoms with Gasteiger partial charge in [0.25, 0.3) is 0 Å². The van der Waals surface area contributed by atoms with Crippen LogP contribution in [0.2, 0.25) is 0 Å². The van der Waals surface area contributed by atoms with Gasteiger partial charge in [-0.25, -0.2) is 8.42 Å². The van der Waals surface area contributed by atoms with Gasteiger partial charge in [-0.2, -0.15) is 5.26 Å². The van der Waals surface area contributed by atoms with Crippen molar-refractivity contribution in [2.75, 3.05) is 17.3 Å². The van der Waals surface area contributed by atoms with Crippen molar-refractivity contribution in [1.82, 2.24) is 0 Å². The molecule has 2 aromatic rings. The van der Waals surface area contributed by atoms with E-state index in [2.05, 4.69) is 11.4 Å². The standard InChI is InChI=1S/C15H15N3O2S/c1-21(19,20)14-5-2-12(3-6-14)18-13-4-7-15(17)11(10-13)8-9-16/h2-7,10,18H,8,17H2,1H3. The van der Waals surface area contributed by atoms with Crippen molar-refractivity contribution in [1.29, 1.82) is 5.26 Å². The van der Waals surface area contributed by atoms with E-state index in [1.165, 1.54) is 6.26 Å². The maximum Gasteiger partial charge on any atom is 0.175 e. The maximum atomic E-state index is 11.4. The molecule has 3 N–H and O–H groups in total. The van der Waals surface area contributed by atoms with Crippen molar-refractivity contribution < 1.29 is 8.42 Å². The topological polar surface area (TPSA) is 96.0 Å². The number of hydrogen-bond donors (Lipinski definition) is 2. The second-order valence-electron chi connectivity index (χ2n) is 4.67. The average molecular weight is 301 g/mol. The first kappa shape index (κ1) is 14.9. The molecule has 6 heteroatoms. The molecular weight excluding hydrogens is 286 g/mol. The summed E-state index contributed by atoms with van der Waals surface area (Å²) in [7, 11) is -3.19. The number of nitrogen functional groups attached to an aromatic ring is 1. The number of hydrogen-bond acceptors (Lipinski definition) is 5. The van der Waals surface area contributed by atoms with Crippen molar-refractivity contribution in [3.63, 3.8) is 0 Å². The molecular formula is C15H15N3O2S. The number of nitrogens with two attached hydrogens (primary N) is 1. The van der Waals surface area contributed by atoms with Gasteiger partial charge in [-0.05, 0) is 48.0 Å². The third kappa shape index (κ3) is 3.74. The highest BCUT2D eigenvalue weighted by atomic mass is 32.2. The SMILES string of the molecule is CS(=O)(=O)c1ccc(Nc2ccc(N)c(CC#N)c2)cc1. The van der Waals surface area contributed by atoms with Crippen molar-refractivity contribution in [2.24, 2.45) is 0 Å². The van der Waals surface area contributed by atoms with Crippen LogP contribution in [-0.2, 0) is 16.3 Å². The fourth-order valence-electron chi connectivity index (χ4n) is 1.87. The highest BCUT2D eigenvalue weighted by Crippen LogP contribution is 2.23. The summed E-state index contributed by atoms with van der Waals surface area (Å²) in [4.78, 5) is 0.274. The molecule has 0 spiro atoms. The summed E-state index contributed by atoms with van der Waals surface area (Å²) in [6.07, 6.45) is 1.41. The van der Waals surface area contributed by atoms with E-state index in [4.69, 9.17) is 11.0 Å². The Morgan fingerprint density at radius 1 is 1.14 bits per heavy atom. The van der Waals surface area contributed by atoms with Gasteiger partial charge in [0.1, 0.15) is 0 Å². The summed E-state index contributed by atoms with van der Waals surface area (Å²) >= 11 is 0. The maximum absolute atomic E-state index is 11.4. The lowest BCUT2D eigenvalue weighted by molar-refractivity contribution is 0.602. The van der Waals surface area contributed by atoms with Gasteiger partial charge in [0.05, 0.1) is 17.4 Å². The molecule has 21 heavy (non-hydrogen) atoms. The predicted molar refractivity (Wildman–Crippen MR) is 83.0 cm³/mol. The van der Waals surface area contributed by atoms with Crippen LogP contribution in [0.25, 0.3) is 0 Å². The van der Waals surface area contributed by atoms with Gasteiger partial charge >= 0.3 is 0 Å². The largest absolute Gasteiger partial charge is 0.398 e. The van der Waals surface area contributed by atoms with E-state index in [1.54, 1.807) is 36.4 Å². The molecule has 0 fully saturated rings. The third-order valence-electron chi connectivity index (χ3n) is 2.98. The Labute approximate surface area is 123 Å². The van der Waals surface area contributed by atoms with Crippen LogP contribution >= 0.6 is 0 Å². The molecule has 5 nitrogen and oxygen atoms in total. The van der Waals surface area contributed by atoms with Crippen molar-refractivity contribution in [2.45, 2.75) is 11.3 Å². The Hall–Kier alpha value is -2.52. The van der Waals surface area contributed by atoms with Gasteiger partial charge in [-0.1, -0.05) is 0 Å². The van der Waals surface area contributed by atoms with Gasteiger partial charge in [0, 0.05) is 23.3 Å². The molecule has 0 saturated heterocycles. The van der Waals surface area contributed by atoms with Crippen LogP contribution in [0.4, 0.5) is 17.1 Å². The third-order valence-corrected chi connectivity index (χ3v) is 4.11. The second-order valence-corrected chi connectivity index (χ2v) is 6.69. The zero-order chi connectivity index (χ0) is 15.5. The van der Waals surface area contributed by atoms with Gasteiger partial charge < -0.3 is 11.1 Å². The minimum Gasteiger partial charge on any atom is -0.398 e. The molecule has 0 aliphatic heterocycles. The number of nitrogens with zero attached hydrogens (tertiary/aromatic N) is 1. The molecule has 0 atom stereocenters. The first-order chi connectivity index (χ1) is 9.90. The van der Waals surface area contributed by atoms with Crippen LogP contribution < -0.4 is 11.1 Å². The first-order valence-electron chi connectivity index (χ1n) is 6.22. The molecule has 0 unspecified atom stereocenters. The molecule has 0 amide bonds. The van der Waals surface area contributed by atoms with Crippen LogP contribution in [0, 0.1) is 11.3 Å². The van der Waals surface area contributed by atoms with Crippen LogP contribution in [0.3, 0.4) is 0 Å². The lowest BCUT2D eigenvalue weighted by Crippen LogP contribution is -1.98. The molecule has 108 valence electrons. The van der Waals surface area contributed by atoms with E-state index in [1.807, 2.05) is 6.07 Å². The van der Waals surface area contributed by atoms with Crippen molar-refractivity contribution in [3.05, 3.63) is 48.0 Å². The van der Waals surface area contributed by atoms with Gasteiger partial charge in [0.2, 0.25) is 0 Å². The van der Waals surface area contributed by atoms with Crippen LogP contribution in [0.1, 0.15) is 5.56 Å². The Morgan fingerprint density at radius 3 is 2.33 bits per heavy atom. The zero-order valence-corrected chi connectivity index (χ0v) is 12.3. The smallest absolute Gasteiger partial charge is 0.175 e. The summed E-state index contributed by atoms with van der Waals surface area (Å²) in [5.74, 6) is 0. The monoisotopic (exact) mass is 301 g/mol. The van der Waals surface area contributed by atoms with Gasteiger partial charge in [-0.15, -0.1) is 0 Å². The highest BCUT2D eigenvalue weighted by molar-refractivity contribution is 7.90. The molecule has 2 aromatic carbocycles. The number of anilines is 3. The number of rotatable bonds is 4. The van der Waals surface area contributed by atoms with Crippen LogP contribution in [0.15, 0.2) is 47.4 Å². The molecule has 2 rings (SSSR count). The molecule has 0 aliphatic carbocycles. The Bertz CT molecular complexity index is 791. The van der Waals surface area contributed by atoms with Crippen molar-refractivity contribution in [3.8, 4) is 6.07 Å². The fraction of sp³-hybridized carbons (Fsp3) is 0.133. The van der Waals surface area contributed by atoms with E-state index in [0.717, 1.165) is 16.9 Å².